The molecule has 0 saturated carbocycles. The maximum absolute atomic E-state index is 11.1. The molecule has 0 aromatic rings. The van der Waals surface area contributed by atoms with Gasteiger partial charge in [0, 0.05) is 5.41 Å². The maximum Gasteiger partial charge on any atom is 0.250 e. The van der Waals surface area contributed by atoms with Crippen LogP contribution in [0.1, 0.15) is 20.8 Å². The normalized spacial score (nSPS) is 11.6. The minimum absolute atomic E-state index is 0.249. The molecule has 5 heteroatoms. The Morgan fingerprint density at radius 1 is 1.50 bits per heavy atom. The highest BCUT2D eigenvalue weighted by Crippen LogP contribution is 2.11. The van der Waals surface area contributed by atoms with Crippen molar-refractivity contribution in [3.63, 3.8) is 0 Å². The van der Waals surface area contributed by atoms with Crippen LogP contribution < -0.4 is 5.32 Å². The first-order valence-electron chi connectivity index (χ1n) is 3.45. The summed E-state index contributed by atoms with van der Waals surface area (Å²) in [6, 6.07) is 0. The summed E-state index contributed by atoms with van der Waals surface area (Å²) in [4.78, 5) is 20.2. The van der Waals surface area contributed by atoms with Crippen LogP contribution in [0.3, 0.4) is 0 Å². The van der Waals surface area contributed by atoms with Crippen molar-refractivity contribution in [3.8, 4) is 0 Å². The number of carbonyl (C=O) groups excluding carboxylic acids is 1. The second-order valence-corrected chi connectivity index (χ2v) is 3.32. The Balaban J connectivity index is 3.96. The summed E-state index contributed by atoms with van der Waals surface area (Å²) in [5.74, 6) is -0.249. The smallest absolute Gasteiger partial charge is 0.250 e. The van der Waals surface area contributed by atoms with Crippen LogP contribution in [0.2, 0.25) is 0 Å². The van der Waals surface area contributed by atoms with Gasteiger partial charge in [0.25, 0.3) is 0 Å². The van der Waals surface area contributed by atoms with Gasteiger partial charge in [-0.2, -0.15) is 0 Å². The van der Waals surface area contributed by atoms with E-state index in [1.54, 1.807) is 20.8 Å². The van der Waals surface area contributed by atoms with E-state index in [4.69, 9.17) is 0 Å². The highest BCUT2D eigenvalue weighted by molar-refractivity contribution is 5.82. The van der Waals surface area contributed by atoms with Gasteiger partial charge in [0.05, 0.1) is 11.1 Å². The largest absolute Gasteiger partial charge is 0.326 e. The molecule has 0 spiro atoms. The Kier molecular flexibility index (Phi) is 3.40. The highest BCUT2D eigenvalue weighted by Gasteiger charge is 2.19. The standard InChI is InChI=1S/C7H12N2O3/c1-7(2,3)6(10)8-4-5-9(11)12/h4-5H,1-3H3,(H,8,10)/b5-4+. The van der Waals surface area contributed by atoms with E-state index in [9.17, 15) is 14.9 Å². The van der Waals surface area contributed by atoms with E-state index < -0.39 is 10.3 Å². The van der Waals surface area contributed by atoms with Gasteiger partial charge in [0.15, 0.2) is 0 Å². The molecule has 0 aliphatic heterocycles. The van der Waals surface area contributed by atoms with Crippen LogP contribution in [0.4, 0.5) is 0 Å². The van der Waals surface area contributed by atoms with Crippen molar-refractivity contribution in [2.75, 3.05) is 0 Å². The van der Waals surface area contributed by atoms with E-state index in [0.717, 1.165) is 6.20 Å². The summed E-state index contributed by atoms with van der Waals surface area (Å²) in [6.07, 6.45) is 1.71. The van der Waals surface area contributed by atoms with Crippen molar-refractivity contribution in [2.24, 2.45) is 5.41 Å². The minimum atomic E-state index is -0.636. The van der Waals surface area contributed by atoms with Crippen molar-refractivity contribution in [2.45, 2.75) is 20.8 Å². The first-order valence-corrected chi connectivity index (χ1v) is 3.45. The third-order valence-corrected chi connectivity index (χ3v) is 1.09. The lowest BCUT2D eigenvalue weighted by atomic mass is 9.96. The fraction of sp³-hybridized carbons (Fsp3) is 0.571. The molecule has 0 fully saturated rings. The zero-order valence-electron chi connectivity index (χ0n) is 7.33. The van der Waals surface area contributed by atoms with E-state index in [2.05, 4.69) is 5.32 Å². The quantitative estimate of drug-likeness (QED) is 0.496. The summed E-state index contributed by atoms with van der Waals surface area (Å²) >= 11 is 0. The fourth-order valence-corrected chi connectivity index (χ4v) is 0.390. The SMILES string of the molecule is CC(C)(C)C(=O)N/C=C/[N+](=O)[O-]. The highest BCUT2D eigenvalue weighted by atomic mass is 16.6. The molecular formula is C7H12N2O3. The zero-order valence-corrected chi connectivity index (χ0v) is 7.33. The van der Waals surface area contributed by atoms with Gasteiger partial charge < -0.3 is 5.32 Å². The van der Waals surface area contributed by atoms with Crippen molar-refractivity contribution in [1.29, 1.82) is 0 Å². The second-order valence-electron chi connectivity index (χ2n) is 3.32. The fourth-order valence-electron chi connectivity index (χ4n) is 0.390. The molecule has 0 bridgehead atoms. The molecule has 0 aromatic carbocycles. The van der Waals surface area contributed by atoms with Gasteiger partial charge in [-0.3, -0.25) is 14.9 Å². The Morgan fingerprint density at radius 2 is 2.00 bits per heavy atom. The molecule has 0 radical (unpaired) electrons. The number of amides is 1. The third kappa shape index (κ3) is 4.43. The van der Waals surface area contributed by atoms with E-state index >= 15 is 0 Å². The predicted molar refractivity (Wildman–Crippen MR) is 43.7 cm³/mol. The lowest BCUT2D eigenvalue weighted by Gasteiger charge is -2.14. The number of hydrogen-bond donors (Lipinski definition) is 1. The molecule has 1 amide bonds. The molecule has 12 heavy (non-hydrogen) atoms. The van der Waals surface area contributed by atoms with Gasteiger partial charge in [0.2, 0.25) is 12.1 Å². The maximum atomic E-state index is 11.1. The molecule has 0 heterocycles. The molecule has 0 rings (SSSR count). The monoisotopic (exact) mass is 172 g/mol. The summed E-state index contributed by atoms with van der Waals surface area (Å²) in [7, 11) is 0. The summed E-state index contributed by atoms with van der Waals surface area (Å²) < 4.78 is 0. The van der Waals surface area contributed by atoms with Gasteiger partial charge in [-0.1, -0.05) is 20.8 Å². The van der Waals surface area contributed by atoms with Crippen LogP contribution in [-0.4, -0.2) is 10.8 Å². The molecule has 0 aliphatic rings. The molecule has 1 N–H and O–H groups in total. The molecule has 0 aliphatic carbocycles. The average molecular weight is 172 g/mol. The number of hydrogen-bond acceptors (Lipinski definition) is 3. The van der Waals surface area contributed by atoms with Crippen LogP contribution in [0.25, 0.3) is 0 Å². The molecule has 0 saturated heterocycles. The summed E-state index contributed by atoms with van der Waals surface area (Å²) in [6.45, 7) is 5.17. The van der Waals surface area contributed by atoms with Gasteiger partial charge in [0.1, 0.15) is 0 Å². The van der Waals surface area contributed by atoms with Gasteiger partial charge >= 0.3 is 0 Å². The molecule has 0 unspecified atom stereocenters. The van der Waals surface area contributed by atoms with E-state index in [0.29, 0.717) is 6.20 Å². The van der Waals surface area contributed by atoms with Crippen LogP contribution in [0, 0.1) is 15.5 Å². The summed E-state index contributed by atoms with van der Waals surface area (Å²) in [5, 5.41) is 12.1. The Hall–Kier alpha value is -1.39. The Morgan fingerprint density at radius 3 is 2.33 bits per heavy atom. The van der Waals surface area contributed by atoms with Crippen molar-refractivity contribution in [3.05, 3.63) is 22.5 Å². The third-order valence-electron chi connectivity index (χ3n) is 1.09. The topological polar surface area (TPSA) is 72.2 Å². The zero-order chi connectivity index (χ0) is 9.78. The Bertz CT molecular complexity index is 215. The van der Waals surface area contributed by atoms with Crippen LogP contribution in [0.5, 0.6) is 0 Å². The molecule has 68 valence electrons. The minimum Gasteiger partial charge on any atom is -0.326 e. The van der Waals surface area contributed by atoms with Crippen molar-refractivity contribution in [1.82, 2.24) is 5.32 Å². The second kappa shape index (κ2) is 3.85. The summed E-state index contributed by atoms with van der Waals surface area (Å²) in [5.41, 5.74) is -0.527. The number of rotatable bonds is 2. The van der Waals surface area contributed by atoms with Gasteiger partial charge in [-0.05, 0) is 0 Å². The van der Waals surface area contributed by atoms with Crippen LogP contribution in [-0.2, 0) is 4.79 Å². The lowest BCUT2D eigenvalue weighted by Crippen LogP contribution is -2.31. The average Bonchev–Trinajstić information content (AvgIpc) is 1.84. The molecule has 0 atom stereocenters. The van der Waals surface area contributed by atoms with Gasteiger partial charge in [-0.15, -0.1) is 0 Å². The number of nitrogens with one attached hydrogen (secondary N) is 1. The molecule has 0 aromatic heterocycles. The van der Waals surface area contributed by atoms with Gasteiger partial charge in [-0.25, -0.2) is 0 Å². The molecule has 5 nitrogen and oxygen atoms in total. The lowest BCUT2D eigenvalue weighted by molar-refractivity contribution is -0.402. The van der Waals surface area contributed by atoms with E-state index in [-0.39, 0.29) is 5.91 Å². The number of carbonyl (C=O) groups is 1. The van der Waals surface area contributed by atoms with E-state index in [1.807, 2.05) is 0 Å². The van der Waals surface area contributed by atoms with E-state index in [1.165, 1.54) is 0 Å². The number of nitrogens with zero attached hydrogens (tertiary/aromatic N) is 1. The van der Waals surface area contributed by atoms with Crippen molar-refractivity contribution >= 4 is 5.91 Å². The Labute approximate surface area is 70.6 Å². The first kappa shape index (κ1) is 10.6. The van der Waals surface area contributed by atoms with Crippen LogP contribution in [0.15, 0.2) is 12.4 Å². The van der Waals surface area contributed by atoms with Crippen LogP contribution >= 0.6 is 0 Å². The predicted octanol–water partition coefficient (Wildman–Crippen LogP) is 0.897. The number of nitro groups is 1. The first-order chi connectivity index (χ1) is 5.34. The molecular weight excluding hydrogens is 160 g/mol. The van der Waals surface area contributed by atoms with Crippen molar-refractivity contribution < 1.29 is 9.72 Å².